The molecule has 0 bridgehead atoms. The highest BCUT2D eigenvalue weighted by molar-refractivity contribution is 5.19. The van der Waals surface area contributed by atoms with Gasteiger partial charge in [0.2, 0.25) is 0 Å². The fraction of sp³-hybridized carbons (Fsp3) is 0.818. The van der Waals surface area contributed by atoms with E-state index in [-0.39, 0.29) is 0 Å². The molecule has 2 aliphatic carbocycles. The monoisotopic (exact) mass is 214 g/mol. The second kappa shape index (κ2) is 3.27. The number of fused-ring (bicyclic) bond motifs is 1. The van der Waals surface area contributed by atoms with Crippen LogP contribution in [0.15, 0.2) is 11.9 Å². The van der Waals surface area contributed by atoms with Crippen LogP contribution in [-0.2, 0) is 9.47 Å². The summed E-state index contributed by atoms with van der Waals surface area (Å²) in [5, 5.41) is 9.53. The van der Waals surface area contributed by atoms with Crippen molar-refractivity contribution in [2.75, 3.05) is 0 Å². The standard InChI is InChI=1S/C11H15FO3/c12-7-6-8-10(9(7)13)15-11(14-8)4-2-1-3-5-11/h6,8-10,13H,1-5H2. The molecule has 1 aliphatic heterocycles. The number of halogens is 1. The van der Waals surface area contributed by atoms with E-state index >= 15 is 0 Å². The van der Waals surface area contributed by atoms with E-state index in [0.29, 0.717) is 0 Å². The summed E-state index contributed by atoms with van der Waals surface area (Å²) in [6.45, 7) is 0. The van der Waals surface area contributed by atoms with E-state index in [4.69, 9.17) is 9.47 Å². The molecule has 0 aromatic rings. The van der Waals surface area contributed by atoms with Gasteiger partial charge in [-0.3, -0.25) is 0 Å². The Morgan fingerprint density at radius 3 is 2.67 bits per heavy atom. The zero-order valence-electron chi connectivity index (χ0n) is 8.49. The first kappa shape index (κ1) is 9.75. The van der Waals surface area contributed by atoms with Gasteiger partial charge >= 0.3 is 0 Å². The molecular weight excluding hydrogens is 199 g/mol. The predicted molar refractivity (Wildman–Crippen MR) is 50.8 cm³/mol. The molecule has 3 atom stereocenters. The van der Waals surface area contributed by atoms with Gasteiger partial charge in [-0.2, -0.15) is 0 Å². The van der Waals surface area contributed by atoms with Crippen LogP contribution in [0.1, 0.15) is 32.1 Å². The van der Waals surface area contributed by atoms with E-state index < -0.39 is 29.9 Å². The third-order valence-electron chi connectivity index (χ3n) is 3.56. The summed E-state index contributed by atoms with van der Waals surface area (Å²) < 4.78 is 24.5. The molecular formula is C11H15FO3. The van der Waals surface area contributed by atoms with Gasteiger partial charge in [-0.25, -0.2) is 4.39 Å². The molecule has 3 unspecified atom stereocenters. The lowest BCUT2D eigenvalue weighted by atomic mass is 9.94. The van der Waals surface area contributed by atoms with Crippen LogP contribution >= 0.6 is 0 Å². The van der Waals surface area contributed by atoms with Crippen molar-refractivity contribution in [3.05, 3.63) is 11.9 Å². The van der Waals surface area contributed by atoms with Gasteiger partial charge in [0.15, 0.2) is 5.79 Å². The van der Waals surface area contributed by atoms with E-state index in [9.17, 15) is 9.50 Å². The Labute approximate surface area is 87.9 Å². The average molecular weight is 214 g/mol. The van der Waals surface area contributed by atoms with Crippen LogP contribution in [0.4, 0.5) is 4.39 Å². The van der Waals surface area contributed by atoms with Gasteiger partial charge < -0.3 is 14.6 Å². The van der Waals surface area contributed by atoms with Crippen molar-refractivity contribution >= 4 is 0 Å². The number of ether oxygens (including phenoxy) is 2. The molecule has 1 saturated carbocycles. The normalized spacial score (nSPS) is 43.1. The molecule has 0 aromatic carbocycles. The van der Waals surface area contributed by atoms with E-state index in [1.54, 1.807) is 0 Å². The largest absolute Gasteiger partial charge is 0.383 e. The van der Waals surface area contributed by atoms with Crippen LogP contribution in [0, 0.1) is 0 Å². The van der Waals surface area contributed by atoms with Crippen molar-refractivity contribution in [2.45, 2.75) is 56.2 Å². The van der Waals surface area contributed by atoms with E-state index in [2.05, 4.69) is 0 Å². The number of aliphatic hydroxyl groups excluding tert-OH is 1. The molecule has 2 fully saturated rings. The first-order valence-corrected chi connectivity index (χ1v) is 5.61. The highest BCUT2D eigenvalue weighted by Crippen LogP contribution is 2.44. The van der Waals surface area contributed by atoms with Crippen molar-refractivity contribution in [2.24, 2.45) is 0 Å². The molecule has 3 nitrogen and oxygen atoms in total. The maximum Gasteiger partial charge on any atom is 0.169 e. The second-order valence-corrected chi connectivity index (χ2v) is 4.63. The van der Waals surface area contributed by atoms with E-state index in [1.165, 1.54) is 12.5 Å². The summed E-state index contributed by atoms with van der Waals surface area (Å²) in [6.07, 6.45) is 4.40. The second-order valence-electron chi connectivity index (χ2n) is 4.63. The highest BCUT2D eigenvalue weighted by atomic mass is 19.1. The van der Waals surface area contributed by atoms with Crippen molar-refractivity contribution in [3.8, 4) is 0 Å². The van der Waals surface area contributed by atoms with Crippen LogP contribution in [0.3, 0.4) is 0 Å². The van der Waals surface area contributed by atoms with Crippen LogP contribution in [0.2, 0.25) is 0 Å². The average Bonchev–Trinajstić information content (AvgIpc) is 2.67. The van der Waals surface area contributed by atoms with Crippen LogP contribution < -0.4 is 0 Å². The molecule has 3 aliphatic rings. The molecule has 1 spiro atoms. The third kappa shape index (κ3) is 1.43. The lowest BCUT2D eigenvalue weighted by molar-refractivity contribution is -0.199. The lowest BCUT2D eigenvalue weighted by Gasteiger charge is -2.32. The fourth-order valence-corrected chi connectivity index (χ4v) is 2.77. The Hall–Kier alpha value is -0.450. The summed E-state index contributed by atoms with van der Waals surface area (Å²) in [5.41, 5.74) is 0. The zero-order valence-corrected chi connectivity index (χ0v) is 8.49. The topological polar surface area (TPSA) is 38.7 Å². The van der Waals surface area contributed by atoms with Crippen molar-refractivity contribution in [3.63, 3.8) is 0 Å². The quantitative estimate of drug-likeness (QED) is 0.666. The molecule has 84 valence electrons. The molecule has 0 aromatic heterocycles. The lowest BCUT2D eigenvalue weighted by Crippen LogP contribution is -2.35. The number of hydrogen-bond donors (Lipinski definition) is 1. The number of hydrogen-bond acceptors (Lipinski definition) is 3. The van der Waals surface area contributed by atoms with Gasteiger partial charge in [0.1, 0.15) is 24.1 Å². The summed E-state index contributed by atoms with van der Waals surface area (Å²) in [6, 6.07) is 0. The maximum atomic E-state index is 13.0. The molecule has 1 N–H and O–H groups in total. The Bertz CT molecular complexity index is 296. The zero-order chi connectivity index (χ0) is 10.5. The Morgan fingerprint density at radius 2 is 2.00 bits per heavy atom. The van der Waals surface area contributed by atoms with Gasteiger partial charge in [-0.1, -0.05) is 6.42 Å². The van der Waals surface area contributed by atoms with Gasteiger partial charge in [0.25, 0.3) is 0 Å². The molecule has 0 radical (unpaired) electrons. The Kier molecular flexibility index (Phi) is 2.13. The minimum Gasteiger partial charge on any atom is -0.383 e. The summed E-state index contributed by atoms with van der Waals surface area (Å²) in [4.78, 5) is 0. The van der Waals surface area contributed by atoms with Gasteiger partial charge in [0, 0.05) is 12.8 Å². The highest BCUT2D eigenvalue weighted by Gasteiger charge is 2.53. The Morgan fingerprint density at radius 1 is 1.27 bits per heavy atom. The van der Waals surface area contributed by atoms with Crippen LogP contribution in [0.25, 0.3) is 0 Å². The summed E-state index contributed by atoms with van der Waals surface area (Å²) >= 11 is 0. The SMILES string of the molecule is OC1C(F)=CC2OC3(CCCCC3)OC21. The van der Waals surface area contributed by atoms with E-state index in [0.717, 1.165) is 25.7 Å². The van der Waals surface area contributed by atoms with Crippen LogP contribution in [-0.4, -0.2) is 29.2 Å². The minimum absolute atomic E-state index is 0.391. The fourth-order valence-electron chi connectivity index (χ4n) is 2.77. The first-order chi connectivity index (χ1) is 7.20. The summed E-state index contributed by atoms with van der Waals surface area (Å²) in [7, 11) is 0. The minimum atomic E-state index is -1.13. The molecule has 3 rings (SSSR count). The van der Waals surface area contributed by atoms with Crippen LogP contribution in [0.5, 0.6) is 0 Å². The summed E-state index contributed by atoms with van der Waals surface area (Å²) in [5.74, 6) is -1.05. The van der Waals surface area contributed by atoms with Crippen molar-refractivity contribution in [1.82, 2.24) is 0 Å². The third-order valence-corrected chi connectivity index (χ3v) is 3.56. The van der Waals surface area contributed by atoms with E-state index in [1.807, 2.05) is 0 Å². The van der Waals surface area contributed by atoms with Crippen molar-refractivity contribution < 1.29 is 19.0 Å². The molecule has 0 amide bonds. The molecule has 4 heteroatoms. The van der Waals surface area contributed by atoms with Crippen molar-refractivity contribution in [1.29, 1.82) is 0 Å². The number of rotatable bonds is 0. The van der Waals surface area contributed by atoms with Gasteiger partial charge in [-0.15, -0.1) is 0 Å². The first-order valence-electron chi connectivity index (χ1n) is 5.61. The maximum absolute atomic E-state index is 13.0. The smallest absolute Gasteiger partial charge is 0.169 e. The van der Waals surface area contributed by atoms with Gasteiger partial charge in [0.05, 0.1) is 0 Å². The predicted octanol–water partition coefficient (Wildman–Crippen LogP) is 1.66. The Balaban J connectivity index is 1.78. The van der Waals surface area contributed by atoms with Gasteiger partial charge in [-0.05, 0) is 18.9 Å². The molecule has 15 heavy (non-hydrogen) atoms. The number of aliphatic hydroxyl groups is 1. The molecule has 1 saturated heterocycles. The molecule has 1 heterocycles.